The lowest BCUT2D eigenvalue weighted by atomic mass is 10.1. The van der Waals surface area contributed by atoms with E-state index in [1.54, 1.807) is 0 Å². The lowest BCUT2D eigenvalue weighted by Crippen LogP contribution is -2.13. The van der Waals surface area contributed by atoms with Crippen LogP contribution >= 0.6 is 47.8 Å². The van der Waals surface area contributed by atoms with Gasteiger partial charge in [-0.15, -0.1) is 0 Å². The van der Waals surface area contributed by atoms with Crippen molar-refractivity contribution < 1.29 is 4.74 Å². The number of fused-ring (bicyclic) bond motifs is 1. The van der Waals surface area contributed by atoms with Gasteiger partial charge in [0.1, 0.15) is 5.75 Å². The second kappa shape index (κ2) is 6.82. The third-order valence-electron chi connectivity index (χ3n) is 3.45. The topological polar surface area (TPSA) is 21.3 Å². The first kappa shape index (κ1) is 15.5. The molecule has 5 heteroatoms. The number of rotatable bonds is 4. The Morgan fingerprint density at radius 1 is 1.00 bits per heavy atom. The summed E-state index contributed by atoms with van der Waals surface area (Å²) in [5.74, 6) is 1.06. The fourth-order valence-electron chi connectivity index (χ4n) is 2.47. The lowest BCUT2D eigenvalue weighted by Gasteiger charge is -2.11. The Morgan fingerprint density at radius 2 is 1.86 bits per heavy atom. The van der Waals surface area contributed by atoms with Crippen molar-refractivity contribution in [3.8, 4) is 5.75 Å². The van der Waals surface area contributed by atoms with Crippen molar-refractivity contribution >= 4 is 47.8 Å². The highest BCUT2D eigenvalue weighted by Gasteiger charge is 2.17. The van der Waals surface area contributed by atoms with Crippen LogP contribution in [0.15, 0.2) is 43.7 Å². The van der Waals surface area contributed by atoms with E-state index in [1.165, 1.54) is 16.7 Å². The summed E-state index contributed by atoms with van der Waals surface area (Å²) in [6.45, 7) is 2.42. The minimum absolute atomic E-state index is 0.790. The van der Waals surface area contributed by atoms with Gasteiger partial charge in [0, 0.05) is 38.5 Å². The molecule has 0 fully saturated rings. The first-order valence-electron chi connectivity index (χ1n) is 6.72. The summed E-state index contributed by atoms with van der Waals surface area (Å²) < 4.78 is 9.02. The van der Waals surface area contributed by atoms with Gasteiger partial charge in [-0.1, -0.05) is 22.0 Å². The smallest absolute Gasteiger partial charge is 0.127 e. The molecule has 1 aliphatic heterocycles. The molecule has 2 aromatic carbocycles. The molecule has 0 saturated heterocycles. The molecule has 1 heterocycles. The van der Waals surface area contributed by atoms with Crippen molar-refractivity contribution in [2.45, 2.75) is 19.5 Å². The van der Waals surface area contributed by atoms with Crippen LogP contribution in [0.2, 0.25) is 0 Å². The normalized spacial score (nSPS) is 13.1. The Balaban J connectivity index is 1.67. The highest BCUT2D eigenvalue weighted by Crippen LogP contribution is 2.33. The molecule has 3 rings (SSSR count). The zero-order chi connectivity index (χ0) is 14.8. The first-order valence-corrected chi connectivity index (χ1v) is 9.10. The second-order valence-electron chi connectivity index (χ2n) is 5.00. The van der Waals surface area contributed by atoms with E-state index in [0.717, 1.165) is 45.3 Å². The monoisotopic (exact) mass is 473 g/mol. The predicted molar refractivity (Wildman–Crippen MR) is 95.7 cm³/mol. The van der Waals surface area contributed by atoms with Crippen molar-refractivity contribution in [1.82, 2.24) is 5.32 Å². The molecule has 0 aromatic heterocycles. The van der Waals surface area contributed by atoms with Gasteiger partial charge >= 0.3 is 0 Å². The Labute approximate surface area is 149 Å². The van der Waals surface area contributed by atoms with Gasteiger partial charge < -0.3 is 10.1 Å². The molecular weight excluding hydrogens is 462 g/mol. The molecule has 0 atom stereocenters. The molecule has 0 unspecified atom stereocenters. The largest absolute Gasteiger partial charge is 0.493 e. The van der Waals surface area contributed by atoms with Gasteiger partial charge in [0.25, 0.3) is 0 Å². The summed E-state index contributed by atoms with van der Waals surface area (Å²) in [5, 5.41) is 3.48. The SMILES string of the molecule is Brc1cc2c(c(CNCc3ccc(Br)c(Br)c3)c1)OCC2. The number of benzene rings is 2. The minimum Gasteiger partial charge on any atom is -0.493 e. The minimum atomic E-state index is 0.790. The molecule has 0 aliphatic carbocycles. The van der Waals surface area contributed by atoms with Gasteiger partial charge in [0.15, 0.2) is 0 Å². The van der Waals surface area contributed by atoms with E-state index >= 15 is 0 Å². The second-order valence-corrected chi connectivity index (χ2v) is 7.63. The summed E-state index contributed by atoms with van der Waals surface area (Å²) in [4.78, 5) is 0. The Hall–Kier alpha value is -0.360. The summed E-state index contributed by atoms with van der Waals surface area (Å²) in [7, 11) is 0. The maximum Gasteiger partial charge on any atom is 0.127 e. The van der Waals surface area contributed by atoms with E-state index in [4.69, 9.17) is 4.74 Å². The average Bonchev–Trinajstić information content (AvgIpc) is 2.91. The lowest BCUT2D eigenvalue weighted by molar-refractivity contribution is 0.352. The molecule has 1 aliphatic rings. The van der Waals surface area contributed by atoms with E-state index in [1.807, 2.05) is 0 Å². The average molecular weight is 476 g/mol. The molecular formula is C16H14Br3NO. The number of hydrogen-bond donors (Lipinski definition) is 1. The van der Waals surface area contributed by atoms with Crippen LogP contribution in [0.4, 0.5) is 0 Å². The number of halogens is 3. The van der Waals surface area contributed by atoms with E-state index in [-0.39, 0.29) is 0 Å². The van der Waals surface area contributed by atoms with Gasteiger partial charge in [-0.05, 0) is 67.3 Å². The zero-order valence-corrected chi connectivity index (χ0v) is 16.0. The van der Waals surface area contributed by atoms with Crippen LogP contribution < -0.4 is 10.1 Å². The predicted octanol–water partition coefficient (Wildman–Crippen LogP) is 5.20. The zero-order valence-electron chi connectivity index (χ0n) is 11.3. The molecule has 110 valence electrons. The molecule has 0 radical (unpaired) electrons. The highest BCUT2D eigenvalue weighted by atomic mass is 79.9. The van der Waals surface area contributed by atoms with E-state index in [9.17, 15) is 0 Å². The Kier molecular flexibility index (Phi) is 5.04. The number of hydrogen-bond acceptors (Lipinski definition) is 2. The third-order valence-corrected chi connectivity index (χ3v) is 5.79. The van der Waals surface area contributed by atoms with Gasteiger partial charge in [0.05, 0.1) is 6.61 Å². The van der Waals surface area contributed by atoms with Crippen molar-refractivity contribution in [2.24, 2.45) is 0 Å². The fraction of sp³-hybridized carbons (Fsp3) is 0.250. The maximum absolute atomic E-state index is 5.75. The van der Waals surface area contributed by atoms with Crippen LogP contribution in [-0.2, 0) is 19.5 Å². The van der Waals surface area contributed by atoms with Gasteiger partial charge in [-0.2, -0.15) is 0 Å². The molecule has 0 bridgehead atoms. The Bertz CT molecular complexity index is 673. The third kappa shape index (κ3) is 3.70. The molecule has 2 nitrogen and oxygen atoms in total. The van der Waals surface area contributed by atoms with Crippen LogP contribution in [0.1, 0.15) is 16.7 Å². The van der Waals surface area contributed by atoms with Gasteiger partial charge in [-0.25, -0.2) is 0 Å². The highest BCUT2D eigenvalue weighted by molar-refractivity contribution is 9.13. The molecule has 2 aromatic rings. The molecule has 21 heavy (non-hydrogen) atoms. The van der Waals surface area contributed by atoms with Crippen molar-refractivity contribution in [3.63, 3.8) is 0 Å². The molecule has 1 N–H and O–H groups in total. The molecule has 0 saturated carbocycles. The van der Waals surface area contributed by atoms with Crippen molar-refractivity contribution in [2.75, 3.05) is 6.61 Å². The maximum atomic E-state index is 5.75. The van der Waals surface area contributed by atoms with E-state index < -0.39 is 0 Å². The molecule has 0 spiro atoms. The van der Waals surface area contributed by atoms with E-state index in [0.29, 0.717) is 0 Å². The van der Waals surface area contributed by atoms with Crippen LogP contribution in [0.25, 0.3) is 0 Å². The molecule has 0 amide bonds. The van der Waals surface area contributed by atoms with Crippen LogP contribution in [-0.4, -0.2) is 6.61 Å². The Morgan fingerprint density at radius 3 is 2.67 bits per heavy atom. The fourth-order valence-corrected chi connectivity index (χ4v) is 3.69. The van der Waals surface area contributed by atoms with Gasteiger partial charge in [0.2, 0.25) is 0 Å². The van der Waals surface area contributed by atoms with Crippen molar-refractivity contribution in [1.29, 1.82) is 0 Å². The summed E-state index contributed by atoms with van der Waals surface area (Å²) >= 11 is 10.6. The summed E-state index contributed by atoms with van der Waals surface area (Å²) in [6, 6.07) is 10.6. The standard InChI is InChI=1S/C16H14Br3NO/c17-13-6-11-3-4-21-16(11)12(7-13)9-20-8-10-1-2-14(18)15(19)5-10/h1-2,5-7,20H,3-4,8-9H2. The number of ether oxygens (including phenoxy) is 1. The van der Waals surface area contributed by atoms with Crippen LogP contribution in [0.3, 0.4) is 0 Å². The van der Waals surface area contributed by atoms with Crippen molar-refractivity contribution in [3.05, 3.63) is 60.4 Å². The van der Waals surface area contributed by atoms with Crippen LogP contribution in [0.5, 0.6) is 5.75 Å². The summed E-state index contributed by atoms with van der Waals surface area (Å²) in [5.41, 5.74) is 3.76. The van der Waals surface area contributed by atoms with Crippen LogP contribution in [0, 0.1) is 0 Å². The summed E-state index contributed by atoms with van der Waals surface area (Å²) in [6.07, 6.45) is 1.00. The van der Waals surface area contributed by atoms with Gasteiger partial charge in [-0.3, -0.25) is 0 Å². The quantitative estimate of drug-likeness (QED) is 0.656. The number of nitrogens with one attached hydrogen (secondary N) is 1. The first-order chi connectivity index (χ1) is 10.1. The van der Waals surface area contributed by atoms with E-state index in [2.05, 4.69) is 83.4 Å².